The van der Waals surface area contributed by atoms with Gasteiger partial charge >= 0.3 is 6.09 Å². The second kappa shape index (κ2) is 12.1. The monoisotopic (exact) mass is 402 g/mol. The van der Waals surface area contributed by atoms with Crippen molar-refractivity contribution in [2.45, 2.75) is 89.7 Å². The van der Waals surface area contributed by atoms with E-state index in [-0.39, 0.29) is 12.2 Å². The average molecular weight is 403 g/mol. The van der Waals surface area contributed by atoms with Gasteiger partial charge in [0.2, 0.25) is 0 Å². The van der Waals surface area contributed by atoms with Crippen molar-refractivity contribution in [1.29, 1.82) is 0 Å². The van der Waals surface area contributed by atoms with Gasteiger partial charge in [0.05, 0.1) is 6.61 Å². The number of ether oxygens (including phenoxy) is 2. The van der Waals surface area contributed by atoms with Crippen LogP contribution >= 0.6 is 0 Å². The Morgan fingerprint density at radius 1 is 1.07 bits per heavy atom. The van der Waals surface area contributed by atoms with Gasteiger partial charge < -0.3 is 9.47 Å². The van der Waals surface area contributed by atoms with E-state index in [1.807, 2.05) is 24.3 Å². The van der Waals surface area contributed by atoms with Gasteiger partial charge in [0.25, 0.3) is 0 Å². The van der Waals surface area contributed by atoms with E-state index in [0.717, 1.165) is 50.2 Å². The summed E-state index contributed by atoms with van der Waals surface area (Å²) in [5, 5.41) is 2.90. The summed E-state index contributed by atoms with van der Waals surface area (Å²) in [5.41, 5.74) is 0.728. The minimum Gasteiger partial charge on any atom is -0.494 e. The topological polar surface area (TPSA) is 50.8 Å². The maximum atomic E-state index is 12.6. The fraction of sp³-hybridized carbons (Fsp3) is 0.708. The van der Waals surface area contributed by atoms with Crippen molar-refractivity contribution in [3.8, 4) is 5.75 Å². The van der Waals surface area contributed by atoms with E-state index in [1.165, 1.54) is 44.9 Å². The van der Waals surface area contributed by atoms with Gasteiger partial charge in [-0.25, -0.2) is 4.79 Å². The highest BCUT2D eigenvalue weighted by molar-refractivity contribution is 5.85. The van der Waals surface area contributed by atoms with E-state index in [2.05, 4.69) is 17.1 Å². The lowest BCUT2D eigenvalue weighted by atomic mass is 9.90. The Kier molecular flexibility index (Phi) is 9.13. The molecule has 1 saturated heterocycles. The van der Waals surface area contributed by atoms with E-state index >= 15 is 0 Å². The number of unbranched alkanes of at least 4 members (excludes halogenated alkanes) is 3. The first-order valence-electron chi connectivity index (χ1n) is 11.7. The summed E-state index contributed by atoms with van der Waals surface area (Å²) >= 11 is 0. The van der Waals surface area contributed by atoms with Gasteiger partial charge in [0, 0.05) is 17.8 Å². The summed E-state index contributed by atoms with van der Waals surface area (Å²) < 4.78 is 11.7. The van der Waals surface area contributed by atoms with Gasteiger partial charge in [-0.05, 0) is 63.7 Å². The van der Waals surface area contributed by atoms with E-state index in [0.29, 0.717) is 12.6 Å². The molecule has 1 heterocycles. The fourth-order valence-corrected chi connectivity index (χ4v) is 4.55. The fourth-order valence-electron chi connectivity index (χ4n) is 4.55. The Morgan fingerprint density at radius 3 is 2.72 bits per heavy atom. The van der Waals surface area contributed by atoms with Crippen LogP contribution in [0.15, 0.2) is 24.3 Å². The number of piperidine rings is 1. The molecule has 0 aromatic heterocycles. The maximum absolute atomic E-state index is 12.6. The van der Waals surface area contributed by atoms with Crippen LogP contribution in [-0.4, -0.2) is 42.8 Å². The molecular formula is C24H38N2O3. The lowest BCUT2D eigenvalue weighted by Gasteiger charge is -2.41. The lowest BCUT2D eigenvalue weighted by Crippen LogP contribution is -2.49. The van der Waals surface area contributed by atoms with Crippen LogP contribution in [0.4, 0.5) is 10.5 Å². The molecule has 1 N–H and O–H groups in total. The Hall–Kier alpha value is -1.75. The molecule has 3 rings (SSSR count). The van der Waals surface area contributed by atoms with Crippen molar-refractivity contribution in [2.24, 2.45) is 0 Å². The van der Waals surface area contributed by atoms with Gasteiger partial charge in [0.1, 0.15) is 11.9 Å². The molecule has 29 heavy (non-hydrogen) atoms. The van der Waals surface area contributed by atoms with Crippen molar-refractivity contribution in [3.63, 3.8) is 0 Å². The first-order chi connectivity index (χ1) is 14.3. The molecule has 1 saturated carbocycles. The molecule has 1 aliphatic heterocycles. The Balaban J connectivity index is 1.48. The van der Waals surface area contributed by atoms with E-state index in [9.17, 15) is 4.79 Å². The molecule has 5 heteroatoms. The Bertz CT molecular complexity index is 616. The van der Waals surface area contributed by atoms with Gasteiger partial charge in [0.15, 0.2) is 0 Å². The maximum Gasteiger partial charge on any atom is 0.411 e. The summed E-state index contributed by atoms with van der Waals surface area (Å²) in [6.07, 6.45) is 12.7. The summed E-state index contributed by atoms with van der Waals surface area (Å²) in [6, 6.07) is 7.99. The van der Waals surface area contributed by atoms with Crippen LogP contribution < -0.4 is 10.1 Å². The molecule has 2 unspecified atom stereocenters. The van der Waals surface area contributed by atoms with Gasteiger partial charge in [-0.15, -0.1) is 0 Å². The molecule has 1 amide bonds. The number of amides is 1. The van der Waals surface area contributed by atoms with Crippen LogP contribution in [0, 0.1) is 0 Å². The number of benzene rings is 1. The number of carbonyl (C=O) groups excluding carboxylic acids is 1. The minimum atomic E-state index is -0.348. The van der Waals surface area contributed by atoms with Crippen LogP contribution in [0.3, 0.4) is 0 Å². The number of carbonyl (C=O) groups is 1. The number of anilines is 1. The predicted molar refractivity (Wildman–Crippen MR) is 118 cm³/mol. The zero-order chi connectivity index (χ0) is 20.3. The van der Waals surface area contributed by atoms with Crippen LogP contribution in [0.25, 0.3) is 0 Å². The van der Waals surface area contributed by atoms with Crippen LogP contribution in [-0.2, 0) is 4.74 Å². The summed E-state index contributed by atoms with van der Waals surface area (Å²) in [5.74, 6) is 0.795. The molecule has 2 fully saturated rings. The Morgan fingerprint density at radius 2 is 1.90 bits per heavy atom. The third-order valence-corrected chi connectivity index (χ3v) is 6.13. The number of hydrogen-bond donors (Lipinski definition) is 1. The van der Waals surface area contributed by atoms with Gasteiger partial charge in [-0.2, -0.15) is 0 Å². The summed E-state index contributed by atoms with van der Waals surface area (Å²) in [7, 11) is 0. The second-order valence-corrected chi connectivity index (χ2v) is 8.45. The van der Waals surface area contributed by atoms with Crippen LogP contribution in [0.2, 0.25) is 0 Å². The molecule has 0 spiro atoms. The number of rotatable bonds is 9. The normalized spacial score (nSPS) is 22.8. The number of hydrogen-bond acceptors (Lipinski definition) is 4. The van der Waals surface area contributed by atoms with E-state index < -0.39 is 0 Å². The predicted octanol–water partition coefficient (Wildman–Crippen LogP) is 5.99. The quantitative estimate of drug-likeness (QED) is 0.515. The molecule has 1 aliphatic carbocycles. The first kappa shape index (κ1) is 21.9. The third kappa shape index (κ3) is 7.22. The first-order valence-corrected chi connectivity index (χ1v) is 11.7. The molecule has 1 aromatic rings. The zero-order valence-electron chi connectivity index (χ0n) is 18.0. The molecular weight excluding hydrogens is 364 g/mol. The van der Waals surface area contributed by atoms with Crippen LogP contribution in [0.1, 0.15) is 77.6 Å². The van der Waals surface area contributed by atoms with E-state index in [1.54, 1.807) is 0 Å². The highest BCUT2D eigenvalue weighted by atomic mass is 16.6. The molecule has 162 valence electrons. The molecule has 5 nitrogen and oxygen atoms in total. The largest absolute Gasteiger partial charge is 0.494 e. The zero-order valence-corrected chi connectivity index (χ0v) is 18.0. The highest BCUT2D eigenvalue weighted by Crippen LogP contribution is 2.28. The average Bonchev–Trinajstić information content (AvgIpc) is 2.75. The van der Waals surface area contributed by atoms with E-state index in [4.69, 9.17) is 9.47 Å². The standard InChI is InChI=1S/C24H38N2O3/c1-2-3-4-10-18-28-21-13-11-12-20(19-21)25-24(27)29-23-15-7-6-14-22(23)26-16-8-5-9-17-26/h11-13,19,22-23H,2-10,14-18H2,1H3,(H,25,27). The molecule has 0 radical (unpaired) electrons. The second-order valence-electron chi connectivity index (χ2n) is 8.45. The minimum absolute atomic E-state index is 0.000140. The van der Waals surface area contributed by atoms with Crippen molar-refractivity contribution in [2.75, 3.05) is 25.0 Å². The molecule has 0 bridgehead atoms. The molecule has 2 atom stereocenters. The third-order valence-electron chi connectivity index (χ3n) is 6.13. The van der Waals surface area contributed by atoms with Crippen LogP contribution in [0.5, 0.6) is 5.75 Å². The number of nitrogens with zero attached hydrogens (tertiary/aromatic N) is 1. The lowest BCUT2D eigenvalue weighted by molar-refractivity contribution is 0.00174. The van der Waals surface area contributed by atoms with Crippen molar-refractivity contribution < 1.29 is 14.3 Å². The summed E-state index contributed by atoms with van der Waals surface area (Å²) in [4.78, 5) is 15.1. The smallest absolute Gasteiger partial charge is 0.411 e. The van der Waals surface area contributed by atoms with Gasteiger partial charge in [-0.3, -0.25) is 10.2 Å². The Labute approximate surface area is 176 Å². The molecule has 1 aromatic carbocycles. The van der Waals surface area contributed by atoms with Gasteiger partial charge in [-0.1, -0.05) is 45.1 Å². The SMILES string of the molecule is CCCCCCOc1cccc(NC(=O)OC2CCCCC2N2CCCCC2)c1. The molecule has 2 aliphatic rings. The van der Waals surface area contributed by atoms with Crippen molar-refractivity contribution in [1.82, 2.24) is 4.90 Å². The van der Waals surface area contributed by atoms with Crippen molar-refractivity contribution >= 4 is 11.8 Å². The van der Waals surface area contributed by atoms with Crippen molar-refractivity contribution in [3.05, 3.63) is 24.3 Å². The highest BCUT2D eigenvalue weighted by Gasteiger charge is 2.33. The number of nitrogens with one attached hydrogen (secondary N) is 1. The number of likely N-dealkylation sites (tertiary alicyclic amines) is 1. The summed E-state index contributed by atoms with van der Waals surface area (Å²) in [6.45, 7) is 5.21.